The van der Waals surface area contributed by atoms with Crippen LogP contribution in [-0.4, -0.2) is 14.5 Å². The molecule has 3 nitrogen and oxygen atoms in total. The molecule has 7 aromatic carbocycles. The summed E-state index contributed by atoms with van der Waals surface area (Å²) in [5, 5.41) is 7.36. The molecule has 5 heteroatoms. The number of rotatable bonds is 5. The molecule has 0 atom stereocenters. The van der Waals surface area contributed by atoms with Crippen LogP contribution in [0.3, 0.4) is 0 Å². The number of aromatic nitrogens is 3. The third-order valence-corrected chi connectivity index (χ3v) is 10.5. The number of imidazole rings is 1. The van der Waals surface area contributed by atoms with E-state index in [1.165, 1.54) is 54.9 Å². The van der Waals surface area contributed by atoms with Crippen LogP contribution in [-0.2, 0) is 20.1 Å². The minimum atomic E-state index is -2.09. The Morgan fingerprint density at radius 1 is 0.655 bits per heavy atom. The Labute approximate surface area is 343 Å². The second kappa shape index (κ2) is 15.8. The van der Waals surface area contributed by atoms with Crippen LogP contribution >= 0.6 is 11.3 Å². The summed E-state index contributed by atoms with van der Waals surface area (Å²) in [7, 11) is 0. The van der Waals surface area contributed by atoms with Crippen LogP contribution in [0.2, 0.25) is 0 Å². The van der Waals surface area contributed by atoms with Gasteiger partial charge in [0.05, 0.1) is 22.5 Å². The van der Waals surface area contributed by atoms with Gasteiger partial charge in [0, 0.05) is 41.5 Å². The number of aryl methyl sites for hydroxylation is 2. The van der Waals surface area contributed by atoms with E-state index in [4.69, 9.17) is 9.10 Å². The van der Waals surface area contributed by atoms with Crippen LogP contribution in [0.15, 0.2) is 176 Å². The number of hydrogen-bond donors (Lipinski definition) is 0. The van der Waals surface area contributed by atoms with Gasteiger partial charge in [-0.2, -0.15) is 0 Å². The summed E-state index contributed by atoms with van der Waals surface area (Å²) < 4.78 is 25.3. The van der Waals surface area contributed by atoms with Gasteiger partial charge in [-0.3, -0.25) is 16.3 Å². The molecule has 267 valence electrons. The Balaban J connectivity index is 0.000000233. The average molecular weight is 905 g/mol. The molecule has 0 bridgehead atoms. The van der Waals surface area contributed by atoms with E-state index in [0.29, 0.717) is 0 Å². The van der Waals surface area contributed by atoms with Crippen LogP contribution in [0.25, 0.3) is 82.5 Å². The molecule has 3 heterocycles. The number of thiophene rings is 1. The van der Waals surface area contributed by atoms with Crippen molar-refractivity contribution in [1.82, 2.24) is 14.5 Å². The Morgan fingerprint density at radius 3 is 2.04 bits per heavy atom. The van der Waals surface area contributed by atoms with E-state index in [1.807, 2.05) is 18.2 Å². The largest absolute Gasteiger partial charge is 0.332 e. The van der Waals surface area contributed by atoms with E-state index in [1.54, 1.807) is 29.5 Å². The fraction of sp³-hybridized carbons (Fsp3) is 0.0400. The number of benzene rings is 7. The maximum absolute atomic E-state index is 7.23. The maximum Gasteiger partial charge on any atom is 0.0774 e. The number of hydrogen-bond acceptors (Lipinski definition) is 3. The van der Waals surface area contributed by atoms with Gasteiger partial charge in [0.15, 0.2) is 0 Å². The van der Waals surface area contributed by atoms with E-state index in [9.17, 15) is 0 Å². The van der Waals surface area contributed by atoms with Crippen molar-refractivity contribution in [3.8, 4) is 50.6 Å². The fourth-order valence-electron chi connectivity index (χ4n) is 7.09. The van der Waals surface area contributed by atoms with E-state index in [2.05, 4.69) is 161 Å². The van der Waals surface area contributed by atoms with Crippen LogP contribution in [0.1, 0.15) is 15.2 Å². The third kappa shape index (κ3) is 7.06. The standard InChI is InChI=1S/C38H25N2S.C12H10N.Ir/c1-25-22-31(26-12-4-2-5-13-26)36(32(23-25)27-14-6-3-7-15-27)40-35-19-11-10-18-34(35)39-38(40)33-24-41-37-29-17-9-8-16-28(29)20-21-30(33)37;1-10-7-8-12(13-9-10)11-5-3-2-4-6-11;/h2-23H,1H3;2-5,7-9H,1H3;/q2*-1;/i;1D3;. The Morgan fingerprint density at radius 2 is 1.35 bits per heavy atom. The van der Waals surface area contributed by atoms with E-state index in [0.717, 1.165) is 39.4 Å². The van der Waals surface area contributed by atoms with Crippen molar-refractivity contribution in [2.24, 2.45) is 0 Å². The van der Waals surface area contributed by atoms with Crippen molar-refractivity contribution in [2.75, 3.05) is 0 Å². The van der Waals surface area contributed by atoms with Gasteiger partial charge < -0.3 is 9.55 Å². The zero-order chi connectivity index (χ0) is 38.9. The van der Waals surface area contributed by atoms with Crippen LogP contribution in [0.4, 0.5) is 0 Å². The molecule has 0 aliphatic rings. The van der Waals surface area contributed by atoms with Crippen molar-refractivity contribution in [2.45, 2.75) is 13.8 Å². The molecule has 0 saturated carbocycles. The Bertz CT molecular complexity index is 2940. The molecule has 0 saturated heterocycles. The van der Waals surface area contributed by atoms with E-state index in [-0.39, 0.29) is 25.7 Å². The number of para-hydroxylation sites is 2. The molecule has 0 aliphatic carbocycles. The SMILES string of the molecule is Cc1cc(-c2ccccc2)c(-n2c(-c3[c-]sc4c3ccc3ccccc34)nc3ccccc32)c(-c2ccccc2)c1.[2H]C([2H])([2H])c1ccc(-c2[c-]cccc2)nc1.[Ir]. The smallest absolute Gasteiger partial charge is 0.0774 e. The van der Waals surface area contributed by atoms with Crippen LogP contribution < -0.4 is 0 Å². The summed E-state index contributed by atoms with van der Waals surface area (Å²) in [5.41, 5.74) is 12.0. The second-order valence-corrected chi connectivity index (χ2v) is 14.0. The number of pyridine rings is 1. The van der Waals surface area contributed by atoms with Gasteiger partial charge in [-0.1, -0.05) is 136 Å². The molecule has 10 aromatic rings. The molecule has 0 amide bonds. The zero-order valence-electron chi connectivity index (χ0n) is 32.8. The minimum Gasteiger partial charge on any atom is -0.332 e. The molecule has 10 rings (SSSR count). The Hall–Kier alpha value is -5.97. The predicted molar refractivity (Wildman–Crippen MR) is 227 cm³/mol. The average Bonchev–Trinajstić information content (AvgIpc) is 3.86. The van der Waals surface area contributed by atoms with Gasteiger partial charge in [0.1, 0.15) is 0 Å². The third-order valence-electron chi connectivity index (χ3n) is 9.58. The summed E-state index contributed by atoms with van der Waals surface area (Å²) in [4.78, 5) is 9.42. The van der Waals surface area contributed by atoms with Crippen molar-refractivity contribution in [3.63, 3.8) is 0 Å². The molecule has 3 aromatic heterocycles. The van der Waals surface area contributed by atoms with E-state index < -0.39 is 6.85 Å². The van der Waals surface area contributed by atoms with Crippen LogP contribution in [0.5, 0.6) is 0 Å². The monoisotopic (exact) mass is 905 g/mol. The summed E-state index contributed by atoms with van der Waals surface area (Å²) in [6, 6.07) is 61.3. The number of nitrogens with zero attached hydrogens (tertiary/aromatic N) is 3. The van der Waals surface area contributed by atoms with Gasteiger partial charge in [0.2, 0.25) is 0 Å². The topological polar surface area (TPSA) is 30.7 Å². The molecular formula is C50H35IrN3S-2. The summed E-state index contributed by atoms with van der Waals surface area (Å²) in [6.07, 6.45) is 1.39. The first-order chi connectivity index (χ1) is 27.8. The second-order valence-electron chi connectivity index (χ2n) is 13.2. The quantitative estimate of drug-likeness (QED) is 0.161. The summed E-state index contributed by atoms with van der Waals surface area (Å²) in [5.74, 6) is 0.908. The van der Waals surface area contributed by atoms with Gasteiger partial charge >= 0.3 is 0 Å². The van der Waals surface area contributed by atoms with Gasteiger partial charge in [-0.25, -0.2) is 0 Å². The normalized spacial score (nSPS) is 12.0. The van der Waals surface area contributed by atoms with Crippen molar-refractivity contribution >= 4 is 43.2 Å². The first-order valence-corrected chi connectivity index (χ1v) is 18.6. The molecule has 0 aliphatic heterocycles. The van der Waals surface area contributed by atoms with Crippen LogP contribution in [0, 0.1) is 25.2 Å². The van der Waals surface area contributed by atoms with Gasteiger partial charge in [-0.05, 0) is 71.4 Å². The molecule has 0 spiro atoms. The summed E-state index contributed by atoms with van der Waals surface area (Å²) >= 11 is 1.68. The maximum atomic E-state index is 7.23. The first-order valence-electron chi connectivity index (χ1n) is 19.3. The Kier molecular flexibility index (Phi) is 9.32. The van der Waals surface area contributed by atoms with E-state index >= 15 is 0 Å². The van der Waals surface area contributed by atoms with Crippen molar-refractivity contribution < 1.29 is 24.2 Å². The molecule has 0 N–H and O–H groups in total. The fourth-order valence-corrected chi connectivity index (χ4v) is 8.08. The molecular weight excluding hydrogens is 867 g/mol. The minimum absolute atomic E-state index is 0. The zero-order valence-corrected chi connectivity index (χ0v) is 33.0. The van der Waals surface area contributed by atoms with Crippen molar-refractivity contribution in [1.29, 1.82) is 0 Å². The molecule has 0 unspecified atom stereocenters. The predicted octanol–water partition coefficient (Wildman–Crippen LogP) is 13.4. The number of fused-ring (bicyclic) bond motifs is 4. The molecule has 0 fully saturated rings. The summed E-state index contributed by atoms with van der Waals surface area (Å²) in [6.45, 7) is 0.0901. The molecule has 1 radical (unpaired) electrons. The first kappa shape index (κ1) is 32.5. The van der Waals surface area contributed by atoms with Gasteiger partial charge in [0.25, 0.3) is 0 Å². The molecule has 55 heavy (non-hydrogen) atoms. The van der Waals surface area contributed by atoms with Gasteiger partial charge in [-0.15, -0.1) is 47.3 Å². The van der Waals surface area contributed by atoms with Crippen molar-refractivity contribution in [3.05, 3.63) is 199 Å².